The molecule has 0 bridgehead atoms. The molecule has 4 aromatic rings. The lowest BCUT2D eigenvalue weighted by Gasteiger charge is -2.10. The van der Waals surface area contributed by atoms with Crippen molar-refractivity contribution < 1.29 is 0 Å². The van der Waals surface area contributed by atoms with Gasteiger partial charge in [-0.2, -0.15) is 5.10 Å². The topological polar surface area (TPSA) is 92.1 Å². The summed E-state index contributed by atoms with van der Waals surface area (Å²) in [6, 6.07) is 16.4. The quantitative estimate of drug-likeness (QED) is 0.433. The van der Waals surface area contributed by atoms with Crippen molar-refractivity contribution in [3.8, 4) is 0 Å². The molecular weight excluding hydrogens is 342 g/mol. The summed E-state index contributed by atoms with van der Waals surface area (Å²) in [7, 11) is 0. The first-order valence-electron chi connectivity index (χ1n) is 8.58. The third-order valence-corrected chi connectivity index (χ3v) is 4.33. The third kappa shape index (κ3) is 3.10. The van der Waals surface area contributed by atoms with Crippen LogP contribution in [-0.2, 0) is 6.54 Å². The lowest BCUT2D eigenvalue weighted by molar-refractivity contribution is 0.724. The zero-order valence-corrected chi connectivity index (χ0v) is 14.6. The second-order valence-corrected chi connectivity index (χ2v) is 6.01. The van der Waals surface area contributed by atoms with E-state index < -0.39 is 0 Å². The number of hydrogen-bond donors (Lipinski definition) is 2. The smallest absolute Gasteiger partial charge is 0.262 e. The van der Waals surface area contributed by atoms with Crippen LogP contribution < -0.4 is 16.5 Å². The molecule has 2 aromatic carbocycles. The van der Waals surface area contributed by atoms with E-state index in [2.05, 4.69) is 20.5 Å². The number of benzene rings is 2. The van der Waals surface area contributed by atoms with Crippen molar-refractivity contribution in [2.45, 2.75) is 13.5 Å². The van der Waals surface area contributed by atoms with Crippen molar-refractivity contribution in [1.82, 2.24) is 14.5 Å². The molecule has 0 saturated carbocycles. The van der Waals surface area contributed by atoms with Crippen LogP contribution in [0, 0.1) is 0 Å². The summed E-state index contributed by atoms with van der Waals surface area (Å²) < 4.78 is 1.50. The number of pyridine rings is 1. The minimum absolute atomic E-state index is 0.135. The number of aromatic nitrogens is 3. The van der Waals surface area contributed by atoms with Crippen LogP contribution in [0.2, 0.25) is 0 Å². The van der Waals surface area contributed by atoms with Crippen molar-refractivity contribution in [2.24, 2.45) is 5.10 Å². The van der Waals surface area contributed by atoms with Gasteiger partial charge in [0, 0.05) is 12.1 Å². The summed E-state index contributed by atoms with van der Waals surface area (Å²) in [6.45, 7) is 2.31. The van der Waals surface area contributed by atoms with Crippen LogP contribution in [0.15, 0.2) is 69.3 Å². The summed E-state index contributed by atoms with van der Waals surface area (Å²) in [5, 5.41) is 5.58. The summed E-state index contributed by atoms with van der Waals surface area (Å²) in [5.74, 6) is 0.328. The second-order valence-electron chi connectivity index (χ2n) is 6.01. The highest BCUT2D eigenvalue weighted by Gasteiger charge is 2.08. The number of aromatic amines is 1. The normalized spacial score (nSPS) is 11.4. The van der Waals surface area contributed by atoms with Crippen LogP contribution >= 0.6 is 0 Å². The van der Waals surface area contributed by atoms with Gasteiger partial charge in [-0.3, -0.25) is 14.2 Å². The summed E-state index contributed by atoms with van der Waals surface area (Å²) in [4.78, 5) is 32.1. The van der Waals surface area contributed by atoms with Crippen molar-refractivity contribution in [1.29, 1.82) is 0 Å². The van der Waals surface area contributed by atoms with Crippen LogP contribution in [0.4, 0.5) is 5.95 Å². The molecule has 0 atom stereocenters. The standard InChI is InChI=1S/C20H17N5O2/c1-2-25-19(27)15-8-4-6-10-17(15)23-20(25)24-21-12-14-11-13-7-3-5-9-16(13)22-18(14)26/h3-12H,2H2,1H3,(H,22,26)(H,23,24)/b21-12+. The Morgan fingerprint density at radius 3 is 2.78 bits per heavy atom. The first-order valence-corrected chi connectivity index (χ1v) is 8.58. The highest BCUT2D eigenvalue weighted by molar-refractivity contribution is 5.87. The van der Waals surface area contributed by atoms with Gasteiger partial charge in [0.05, 0.1) is 22.7 Å². The molecule has 0 unspecified atom stereocenters. The third-order valence-electron chi connectivity index (χ3n) is 4.33. The van der Waals surface area contributed by atoms with Crippen molar-refractivity contribution in [3.05, 3.63) is 80.9 Å². The van der Waals surface area contributed by atoms with Gasteiger partial charge in [0.25, 0.3) is 11.1 Å². The molecule has 0 aliphatic heterocycles. The Morgan fingerprint density at radius 2 is 1.93 bits per heavy atom. The van der Waals surface area contributed by atoms with Gasteiger partial charge in [-0.05, 0) is 36.6 Å². The zero-order chi connectivity index (χ0) is 18.8. The van der Waals surface area contributed by atoms with Crippen LogP contribution in [-0.4, -0.2) is 20.7 Å². The Labute approximate surface area is 154 Å². The molecule has 2 heterocycles. The molecule has 4 rings (SSSR count). The van der Waals surface area contributed by atoms with Gasteiger partial charge in [-0.15, -0.1) is 0 Å². The molecule has 27 heavy (non-hydrogen) atoms. The second kappa shape index (κ2) is 6.87. The predicted molar refractivity (Wildman–Crippen MR) is 107 cm³/mol. The van der Waals surface area contributed by atoms with E-state index in [1.807, 2.05) is 43.3 Å². The molecule has 0 amide bonds. The fourth-order valence-corrected chi connectivity index (χ4v) is 2.97. The number of anilines is 1. The van der Waals surface area contributed by atoms with Gasteiger partial charge in [0.2, 0.25) is 5.95 Å². The number of rotatable bonds is 4. The Hall–Kier alpha value is -3.74. The monoisotopic (exact) mass is 359 g/mol. The summed E-state index contributed by atoms with van der Waals surface area (Å²) in [6.07, 6.45) is 1.42. The van der Waals surface area contributed by atoms with E-state index in [1.54, 1.807) is 18.2 Å². The number of hydrogen-bond acceptors (Lipinski definition) is 5. The van der Waals surface area contributed by atoms with Gasteiger partial charge in [0.15, 0.2) is 0 Å². The SMILES string of the molecule is CCn1c(N/N=C/c2cc3ccccc3[nH]c2=O)nc2ccccc2c1=O. The highest BCUT2D eigenvalue weighted by Crippen LogP contribution is 2.12. The molecule has 134 valence electrons. The molecule has 0 spiro atoms. The Bertz CT molecular complexity index is 1290. The number of fused-ring (bicyclic) bond motifs is 2. The van der Waals surface area contributed by atoms with Crippen LogP contribution in [0.1, 0.15) is 12.5 Å². The maximum absolute atomic E-state index is 12.6. The van der Waals surface area contributed by atoms with Gasteiger partial charge < -0.3 is 4.98 Å². The molecule has 7 heteroatoms. The summed E-state index contributed by atoms with van der Waals surface area (Å²) >= 11 is 0. The maximum atomic E-state index is 12.6. The fraction of sp³-hybridized carbons (Fsp3) is 0.100. The fourth-order valence-electron chi connectivity index (χ4n) is 2.97. The van der Waals surface area contributed by atoms with Crippen molar-refractivity contribution in [3.63, 3.8) is 0 Å². The van der Waals surface area contributed by atoms with Crippen LogP contribution in [0.25, 0.3) is 21.8 Å². The summed E-state index contributed by atoms with van der Waals surface area (Å²) in [5.41, 5.74) is 4.19. The number of H-pyrrole nitrogens is 1. The molecule has 0 aliphatic rings. The van der Waals surface area contributed by atoms with Crippen LogP contribution in [0.3, 0.4) is 0 Å². The van der Waals surface area contributed by atoms with E-state index in [0.717, 1.165) is 10.9 Å². The van der Waals surface area contributed by atoms with Gasteiger partial charge in [-0.1, -0.05) is 30.3 Å². The van der Waals surface area contributed by atoms with Gasteiger partial charge in [-0.25, -0.2) is 10.4 Å². The molecule has 2 N–H and O–H groups in total. The van der Waals surface area contributed by atoms with E-state index in [-0.39, 0.29) is 11.1 Å². The molecule has 0 radical (unpaired) electrons. The Morgan fingerprint density at radius 1 is 1.15 bits per heavy atom. The molecule has 2 aromatic heterocycles. The molecule has 0 aliphatic carbocycles. The van der Waals surface area contributed by atoms with Crippen molar-refractivity contribution >= 4 is 34.0 Å². The lowest BCUT2D eigenvalue weighted by Crippen LogP contribution is -2.23. The molecule has 0 fully saturated rings. The van der Waals surface area contributed by atoms with Crippen LogP contribution in [0.5, 0.6) is 0 Å². The average molecular weight is 359 g/mol. The largest absolute Gasteiger partial charge is 0.321 e. The molecule has 0 saturated heterocycles. The van der Waals surface area contributed by atoms with E-state index in [4.69, 9.17) is 0 Å². The minimum atomic E-state index is -0.237. The Balaban J connectivity index is 1.70. The average Bonchev–Trinajstić information content (AvgIpc) is 2.68. The van der Waals surface area contributed by atoms with E-state index in [1.165, 1.54) is 10.8 Å². The predicted octanol–water partition coefficient (Wildman–Crippen LogP) is 2.70. The number of hydrazone groups is 1. The molecule has 7 nitrogen and oxygen atoms in total. The van der Waals surface area contributed by atoms with Gasteiger partial charge >= 0.3 is 0 Å². The first-order chi connectivity index (χ1) is 13.2. The van der Waals surface area contributed by atoms with E-state index in [9.17, 15) is 9.59 Å². The Kier molecular flexibility index (Phi) is 4.25. The maximum Gasteiger partial charge on any atom is 0.262 e. The minimum Gasteiger partial charge on any atom is -0.321 e. The zero-order valence-electron chi connectivity index (χ0n) is 14.6. The first kappa shape index (κ1) is 16.7. The lowest BCUT2D eigenvalue weighted by atomic mass is 10.2. The number of nitrogens with zero attached hydrogens (tertiary/aromatic N) is 3. The number of para-hydroxylation sites is 2. The van der Waals surface area contributed by atoms with Gasteiger partial charge in [0.1, 0.15) is 0 Å². The van der Waals surface area contributed by atoms with Crippen molar-refractivity contribution in [2.75, 3.05) is 5.43 Å². The van der Waals surface area contributed by atoms with E-state index in [0.29, 0.717) is 29.0 Å². The van der Waals surface area contributed by atoms with E-state index >= 15 is 0 Å². The number of nitrogens with one attached hydrogen (secondary N) is 2. The molecular formula is C20H17N5O2. The highest BCUT2D eigenvalue weighted by atomic mass is 16.1.